The number of furan rings is 1. The average molecular weight is 356 g/mol. The number of fused-ring (bicyclic) bond motifs is 1. The lowest BCUT2D eigenvalue weighted by atomic mass is 10.1. The van der Waals surface area contributed by atoms with Crippen molar-refractivity contribution in [1.29, 1.82) is 0 Å². The van der Waals surface area contributed by atoms with E-state index in [2.05, 4.69) is 50.5 Å². The van der Waals surface area contributed by atoms with Gasteiger partial charge in [0.2, 0.25) is 0 Å². The van der Waals surface area contributed by atoms with Gasteiger partial charge in [-0.2, -0.15) is 0 Å². The van der Waals surface area contributed by atoms with E-state index < -0.39 is 0 Å². The van der Waals surface area contributed by atoms with Crippen LogP contribution in [-0.2, 0) is 0 Å². The van der Waals surface area contributed by atoms with Crippen LogP contribution in [0.4, 0.5) is 5.69 Å². The van der Waals surface area contributed by atoms with Crippen LogP contribution in [0.15, 0.2) is 71.7 Å². The molecule has 1 saturated heterocycles. The van der Waals surface area contributed by atoms with Gasteiger partial charge in [0.25, 0.3) is 0 Å². The Morgan fingerprint density at radius 1 is 0.889 bits per heavy atom. The Kier molecular flexibility index (Phi) is 4.07. The Labute approximate surface area is 157 Å². The van der Waals surface area contributed by atoms with Crippen LogP contribution in [0.1, 0.15) is 0 Å². The van der Waals surface area contributed by atoms with Crippen LogP contribution in [0, 0.1) is 0 Å². The zero-order chi connectivity index (χ0) is 18.1. The summed E-state index contributed by atoms with van der Waals surface area (Å²) in [5.41, 5.74) is 7.20. The summed E-state index contributed by atoms with van der Waals surface area (Å²) in [6.07, 6.45) is 7.25. The molecular weight excluding hydrogens is 336 g/mol. The van der Waals surface area contributed by atoms with Crippen LogP contribution in [0.3, 0.4) is 0 Å². The molecule has 5 nitrogen and oxygen atoms in total. The van der Waals surface area contributed by atoms with Gasteiger partial charge in [-0.05, 0) is 41.5 Å². The highest BCUT2D eigenvalue weighted by atomic mass is 16.3. The summed E-state index contributed by atoms with van der Waals surface area (Å²) in [4.78, 5) is 11.2. The van der Waals surface area contributed by atoms with E-state index in [0.717, 1.165) is 59.5 Å². The van der Waals surface area contributed by atoms with Gasteiger partial charge in [-0.25, -0.2) is 0 Å². The summed E-state index contributed by atoms with van der Waals surface area (Å²) in [6.45, 7) is 4.19. The van der Waals surface area contributed by atoms with Gasteiger partial charge in [-0.15, -0.1) is 0 Å². The van der Waals surface area contributed by atoms with Gasteiger partial charge in [0.15, 0.2) is 5.58 Å². The maximum Gasteiger partial charge on any atom is 0.153 e. The minimum absolute atomic E-state index is 0.797. The summed E-state index contributed by atoms with van der Waals surface area (Å²) in [5, 5.41) is 3.39. The number of benzene rings is 1. The van der Waals surface area contributed by atoms with Crippen LogP contribution >= 0.6 is 0 Å². The number of hydrogen-bond donors (Lipinski definition) is 1. The van der Waals surface area contributed by atoms with Crippen LogP contribution in [0.2, 0.25) is 0 Å². The van der Waals surface area contributed by atoms with Gasteiger partial charge in [-0.1, -0.05) is 12.1 Å². The van der Waals surface area contributed by atoms with Crippen molar-refractivity contribution in [1.82, 2.24) is 15.3 Å². The van der Waals surface area contributed by atoms with Gasteiger partial charge in [-0.3, -0.25) is 9.97 Å². The molecule has 5 heteroatoms. The Hall–Kier alpha value is -3.18. The molecule has 0 saturated carbocycles. The van der Waals surface area contributed by atoms with Gasteiger partial charge in [0, 0.05) is 61.6 Å². The van der Waals surface area contributed by atoms with E-state index in [4.69, 9.17) is 4.42 Å². The third kappa shape index (κ3) is 3.06. The van der Waals surface area contributed by atoms with Crippen LogP contribution in [0.25, 0.3) is 33.4 Å². The number of rotatable bonds is 3. The molecule has 0 amide bonds. The molecule has 27 heavy (non-hydrogen) atoms. The first-order valence-corrected chi connectivity index (χ1v) is 9.22. The molecule has 5 rings (SSSR count). The smallest absolute Gasteiger partial charge is 0.153 e. The van der Waals surface area contributed by atoms with Crippen molar-refractivity contribution in [2.45, 2.75) is 0 Å². The highest BCUT2D eigenvalue weighted by Crippen LogP contribution is 2.32. The molecule has 0 spiro atoms. The van der Waals surface area contributed by atoms with E-state index in [1.54, 1.807) is 18.7 Å². The van der Waals surface area contributed by atoms with Gasteiger partial charge < -0.3 is 14.6 Å². The van der Waals surface area contributed by atoms with Crippen molar-refractivity contribution in [3.63, 3.8) is 0 Å². The number of nitrogens with one attached hydrogen (secondary N) is 1. The number of hydrogen-bond acceptors (Lipinski definition) is 5. The minimum atomic E-state index is 0.797. The second-order valence-corrected chi connectivity index (χ2v) is 6.74. The van der Waals surface area contributed by atoms with E-state index >= 15 is 0 Å². The molecule has 0 atom stereocenters. The predicted molar refractivity (Wildman–Crippen MR) is 108 cm³/mol. The lowest BCUT2D eigenvalue weighted by Gasteiger charge is -2.29. The third-order valence-corrected chi connectivity index (χ3v) is 5.09. The van der Waals surface area contributed by atoms with Crippen molar-refractivity contribution in [3.8, 4) is 22.3 Å². The first-order valence-electron chi connectivity index (χ1n) is 9.22. The summed E-state index contributed by atoms with van der Waals surface area (Å²) < 4.78 is 5.79. The number of anilines is 1. The Morgan fingerprint density at radius 2 is 1.67 bits per heavy atom. The molecule has 1 N–H and O–H groups in total. The van der Waals surface area contributed by atoms with Crippen molar-refractivity contribution in [2.24, 2.45) is 0 Å². The van der Waals surface area contributed by atoms with Crippen molar-refractivity contribution < 1.29 is 4.42 Å². The number of pyridine rings is 2. The van der Waals surface area contributed by atoms with Gasteiger partial charge >= 0.3 is 0 Å². The molecule has 134 valence electrons. The molecule has 1 aliphatic heterocycles. The molecular formula is C22H20N4O. The monoisotopic (exact) mass is 356 g/mol. The SMILES string of the molecule is c1cc(-c2coc3cc(-c4ccc(N5CCNCC5)cc4)cnc23)ccn1. The fourth-order valence-electron chi connectivity index (χ4n) is 3.60. The maximum absolute atomic E-state index is 5.79. The molecule has 0 unspecified atom stereocenters. The summed E-state index contributed by atoms with van der Waals surface area (Å²) in [7, 11) is 0. The molecule has 0 aliphatic carbocycles. The number of aromatic nitrogens is 2. The van der Waals surface area contributed by atoms with Crippen LogP contribution in [0.5, 0.6) is 0 Å². The molecule has 1 fully saturated rings. The van der Waals surface area contributed by atoms with E-state index in [0.29, 0.717) is 0 Å². The van der Waals surface area contributed by atoms with Gasteiger partial charge in [0.1, 0.15) is 11.8 Å². The normalized spacial score (nSPS) is 14.6. The topological polar surface area (TPSA) is 54.2 Å². The largest absolute Gasteiger partial charge is 0.462 e. The van der Waals surface area contributed by atoms with E-state index in [-0.39, 0.29) is 0 Å². The Balaban J connectivity index is 1.45. The first kappa shape index (κ1) is 16.0. The minimum Gasteiger partial charge on any atom is -0.462 e. The Bertz CT molecular complexity index is 1050. The molecule has 1 aliphatic rings. The quantitative estimate of drug-likeness (QED) is 0.602. The highest BCUT2D eigenvalue weighted by molar-refractivity contribution is 5.92. The molecule has 0 radical (unpaired) electrons. The zero-order valence-electron chi connectivity index (χ0n) is 14.9. The lowest BCUT2D eigenvalue weighted by molar-refractivity contribution is 0.589. The average Bonchev–Trinajstić information content (AvgIpc) is 3.18. The van der Waals surface area contributed by atoms with Crippen molar-refractivity contribution in [3.05, 3.63) is 67.3 Å². The molecule has 4 heterocycles. The summed E-state index contributed by atoms with van der Waals surface area (Å²) in [6, 6.07) is 14.7. The summed E-state index contributed by atoms with van der Waals surface area (Å²) >= 11 is 0. The van der Waals surface area contributed by atoms with Crippen molar-refractivity contribution >= 4 is 16.8 Å². The van der Waals surface area contributed by atoms with Crippen LogP contribution in [-0.4, -0.2) is 36.1 Å². The molecule has 4 aromatic rings. The zero-order valence-corrected chi connectivity index (χ0v) is 14.9. The third-order valence-electron chi connectivity index (χ3n) is 5.09. The van der Waals surface area contributed by atoms with E-state index in [9.17, 15) is 0 Å². The van der Waals surface area contributed by atoms with Gasteiger partial charge in [0.05, 0.1) is 0 Å². The maximum atomic E-state index is 5.79. The van der Waals surface area contributed by atoms with Crippen LogP contribution < -0.4 is 10.2 Å². The number of piperazine rings is 1. The first-order chi connectivity index (χ1) is 13.4. The molecule has 1 aromatic carbocycles. The van der Waals surface area contributed by atoms with Crippen molar-refractivity contribution in [2.75, 3.05) is 31.1 Å². The van der Waals surface area contributed by atoms with E-state index in [1.165, 1.54) is 5.69 Å². The highest BCUT2D eigenvalue weighted by Gasteiger charge is 2.12. The Morgan fingerprint density at radius 3 is 2.44 bits per heavy atom. The van der Waals surface area contributed by atoms with E-state index in [1.807, 2.05) is 18.3 Å². The standard InChI is InChI=1S/C22H20N4O/c1-3-19(26-11-9-24-10-12-26)4-2-16(1)18-13-21-22(25-14-18)20(15-27-21)17-5-7-23-8-6-17/h1-8,13-15,24H,9-12H2. The summed E-state index contributed by atoms with van der Waals surface area (Å²) in [5.74, 6) is 0. The predicted octanol–water partition coefficient (Wildman–Crippen LogP) is 3.97. The number of nitrogens with zero attached hydrogens (tertiary/aromatic N) is 3. The second kappa shape index (κ2) is 6.85. The fourth-order valence-corrected chi connectivity index (χ4v) is 3.60. The molecule has 0 bridgehead atoms. The lowest BCUT2D eigenvalue weighted by Crippen LogP contribution is -2.43. The molecule has 3 aromatic heterocycles. The second-order valence-electron chi connectivity index (χ2n) is 6.74. The fraction of sp³-hybridized carbons (Fsp3) is 0.182.